The third kappa shape index (κ3) is 5.29. The molecule has 0 fully saturated rings. The number of Topliss-reactive ketones (excluding diaryl/α,β-unsaturated/α-hetero) is 1. The van der Waals surface area contributed by atoms with Crippen LogP contribution < -0.4 is 19.9 Å². The van der Waals surface area contributed by atoms with Crippen molar-refractivity contribution in [2.24, 2.45) is 0 Å². The summed E-state index contributed by atoms with van der Waals surface area (Å²) in [5.74, 6) is 0.539. The van der Waals surface area contributed by atoms with E-state index in [0.717, 1.165) is 28.4 Å². The second-order valence-corrected chi connectivity index (χ2v) is 11.5. The molecule has 0 saturated heterocycles. The molecule has 2 unspecified atom stereocenters. The van der Waals surface area contributed by atoms with Gasteiger partial charge in [-0.25, -0.2) is 0 Å². The molecular weight excluding hydrogens is 514 g/mol. The van der Waals surface area contributed by atoms with Crippen LogP contribution in [0.15, 0.2) is 78.0 Å². The smallest absolute Gasteiger partial charge is 0.224 e. The van der Waals surface area contributed by atoms with Crippen molar-refractivity contribution in [2.75, 3.05) is 22.2 Å². The maximum Gasteiger partial charge on any atom is 0.224 e. The molecule has 0 bridgehead atoms. The summed E-state index contributed by atoms with van der Waals surface area (Å²) >= 11 is 0. The molecule has 0 saturated carbocycles. The van der Waals surface area contributed by atoms with Crippen LogP contribution in [0.25, 0.3) is 0 Å². The number of ketones is 1. The van der Waals surface area contributed by atoms with E-state index in [1.165, 1.54) is 6.92 Å². The van der Waals surface area contributed by atoms with Crippen LogP contribution in [0, 0.1) is 0 Å². The average molecular weight is 554 g/mol. The first-order valence-electron chi connectivity index (χ1n) is 14.3. The molecule has 3 aromatic carbocycles. The molecule has 2 atom stereocenters. The second kappa shape index (κ2) is 11.3. The lowest BCUT2D eigenvalue weighted by molar-refractivity contribution is -0.117. The largest absolute Gasteiger partial charge is 0.507 e. The molecular formula is C34H39N3O4. The molecule has 2 N–H and O–H groups in total. The first kappa shape index (κ1) is 28.3. The molecule has 41 heavy (non-hydrogen) atoms. The molecule has 214 valence electrons. The zero-order chi connectivity index (χ0) is 29.4. The number of nitrogens with one attached hydrogen (secondary N) is 1. The number of carbonyl (C=O) groups is 2. The van der Waals surface area contributed by atoms with Crippen molar-refractivity contribution in [3.63, 3.8) is 0 Å². The number of anilines is 3. The van der Waals surface area contributed by atoms with Gasteiger partial charge in [0.1, 0.15) is 11.5 Å². The van der Waals surface area contributed by atoms with Crippen LogP contribution in [0.4, 0.5) is 17.1 Å². The Morgan fingerprint density at radius 3 is 2.29 bits per heavy atom. The number of methoxy groups -OCH3 is 1. The van der Waals surface area contributed by atoms with E-state index in [4.69, 9.17) is 4.74 Å². The zero-order valence-electron chi connectivity index (χ0n) is 24.6. The summed E-state index contributed by atoms with van der Waals surface area (Å²) in [6.07, 6.45) is 0.899. The van der Waals surface area contributed by atoms with Crippen molar-refractivity contribution < 1.29 is 19.4 Å². The highest BCUT2D eigenvalue weighted by Gasteiger charge is 2.42. The van der Waals surface area contributed by atoms with E-state index >= 15 is 0 Å². The Labute approximate surface area is 242 Å². The molecule has 0 radical (unpaired) electrons. The van der Waals surface area contributed by atoms with E-state index in [-0.39, 0.29) is 35.4 Å². The number of ether oxygens (including phenoxy) is 1. The molecule has 3 aromatic rings. The molecule has 0 spiro atoms. The number of benzene rings is 3. The molecule has 7 nitrogen and oxygen atoms in total. The number of allylic oxidation sites excluding steroid dienone is 1. The minimum Gasteiger partial charge on any atom is -0.507 e. The summed E-state index contributed by atoms with van der Waals surface area (Å²) in [6.45, 7) is 9.98. The maximum atomic E-state index is 14.1. The predicted molar refractivity (Wildman–Crippen MR) is 164 cm³/mol. The van der Waals surface area contributed by atoms with Gasteiger partial charge in [0.25, 0.3) is 0 Å². The van der Waals surface area contributed by atoms with E-state index in [0.29, 0.717) is 29.7 Å². The fourth-order valence-electron chi connectivity index (χ4n) is 6.46. The number of carbonyl (C=O) groups excluding carboxylic acids is 2. The molecule has 1 aliphatic carbocycles. The lowest BCUT2D eigenvalue weighted by Crippen LogP contribution is -2.38. The molecule has 1 aliphatic heterocycles. The Hall–Kier alpha value is -4.26. The van der Waals surface area contributed by atoms with Crippen LogP contribution in [0.2, 0.25) is 0 Å². The van der Waals surface area contributed by atoms with E-state index in [2.05, 4.69) is 37.9 Å². The lowest BCUT2D eigenvalue weighted by atomic mass is 9.78. The number of phenolic OH excluding ortho intramolecular Hbond substituents is 1. The number of para-hydroxylation sites is 2. The fourth-order valence-corrected chi connectivity index (χ4v) is 6.46. The van der Waals surface area contributed by atoms with Gasteiger partial charge < -0.3 is 20.1 Å². The Morgan fingerprint density at radius 2 is 1.68 bits per heavy atom. The topological polar surface area (TPSA) is 82.1 Å². The van der Waals surface area contributed by atoms with E-state index < -0.39 is 6.04 Å². The quantitative estimate of drug-likeness (QED) is 0.344. The summed E-state index contributed by atoms with van der Waals surface area (Å²) in [7, 11) is 1.63. The highest BCUT2D eigenvalue weighted by Crippen LogP contribution is 2.49. The van der Waals surface area contributed by atoms with E-state index in [1.807, 2.05) is 60.7 Å². The fraction of sp³-hybridized carbons (Fsp3) is 0.353. The summed E-state index contributed by atoms with van der Waals surface area (Å²) in [4.78, 5) is 31.3. The third-order valence-electron chi connectivity index (χ3n) is 8.13. The number of hydrogen-bond acceptors (Lipinski definition) is 6. The van der Waals surface area contributed by atoms with E-state index in [9.17, 15) is 14.7 Å². The van der Waals surface area contributed by atoms with Crippen molar-refractivity contribution in [1.82, 2.24) is 0 Å². The SMILES string of the molecule is COc1ccc(C2CC(=O)C3=C(C2)Nc2ccccc2N(C(C)=O)C3c2ccc(N(C(C)C)C(C)C)cc2O)cc1. The number of nitrogens with zero attached hydrogens (tertiary/aromatic N) is 2. The standard InChI is InChI=1S/C34H39N3O4/c1-20(2)36(21(3)4)25-13-16-27(31(39)19-25)34-33-29(35-28-9-7-8-10-30(28)37(34)22(5)38)17-24(18-32(33)40)23-11-14-26(41-6)15-12-23/h7-16,19-21,24,34-35,39H,17-18H2,1-6H3. The van der Waals surface area contributed by atoms with Gasteiger partial charge in [-0.1, -0.05) is 30.3 Å². The molecule has 5 rings (SSSR count). The average Bonchev–Trinajstić information content (AvgIpc) is 3.07. The minimum atomic E-state index is -0.774. The van der Waals surface area contributed by atoms with Crippen molar-refractivity contribution in [3.05, 3.63) is 89.1 Å². The predicted octanol–water partition coefficient (Wildman–Crippen LogP) is 6.94. The van der Waals surface area contributed by atoms with Gasteiger partial charge in [0.15, 0.2) is 5.78 Å². The van der Waals surface area contributed by atoms with Gasteiger partial charge in [0.2, 0.25) is 5.91 Å². The van der Waals surface area contributed by atoms with Crippen molar-refractivity contribution >= 4 is 28.8 Å². The Balaban J connectivity index is 1.66. The van der Waals surface area contributed by atoms with Gasteiger partial charge in [-0.15, -0.1) is 0 Å². The van der Waals surface area contributed by atoms with Crippen LogP contribution in [-0.4, -0.2) is 36.0 Å². The molecule has 1 heterocycles. The highest BCUT2D eigenvalue weighted by atomic mass is 16.5. The van der Waals surface area contributed by atoms with Crippen molar-refractivity contribution in [1.29, 1.82) is 0 Å². The van der Waals surface area contributed by atoms with Gasteiger partial charge >= 0.3 is 0 Å². The first-order valence-corrected chi connectivity index (χ1v) is 14.3. The van der Waals surface area contributed by atoms with Crippen LogP contribution in [0.1, 0.15) is 70.5 Å². The van der Waals surface area contributed by atoms with Crippen LogP contribution >= 0.6 is 0 Å². The summed E-state index contributed by atoms with van der Waals surface area (Å²) in [5.41, 5.74) is 5.19. The Bertz CT molecular complexity index is 1480. The number of aromatic hydroxyl groups is 1. The number of hydrogen-bond donors (Lipinski definition) is 2. The molecule has 1 amide bonds. The molecule has 7 heteroatoms. The number of amides is 1. The van der Waals surface area contributed by atoms with Gasteiger partial charge in [0, 0.05) is 54.0 Å². The highest BCUT2D eigenvalue weighted by molar-refractivity contribution is 6.06. The first-order chi connectivity index (χ1) is 19.6. The summed E-state index contributed by atoms with van der Waals surface area (Å²) < 4.78 is 5.32. The second-order valence-electron chi connectivity index (χ2n) is 11.5. The van der Waals surface area contributed by atoms with Gasteiger partial charge in [-0.05, 0) is 75.9 Å². The normalized spacial score (nSPS) is 18.5. The third-order valence-corrected chi connectivity index (χ3v) is 8.13. The van der Waals surface area contributed by atoms with Crippen molar-refractivity contribution in [3.8, 4) is 11.5 Å². The van der Waals surface area contributed by atoms with Crippen molar-refractivity contribution in [2.45, 2.75) is 71.5 Å². The van der Waals surface area contributed by atoms with Crippen LogP contribution in [-0.2, 0) is 9.59 Å². The van der Waals surface area contributed by atoms with Crippen LogP contribution in [0.5, 0.6) is 11.5 Å². The van der Waals surface area contributed by atoms with Gasteiger partial charge in [0.05, 0.1) is 24.5 Å². The Morgan fingerprint density at radius 1 is 1.00 bits per heavy atom. The maximum absolute atomic E-state index is 14.1. The zero-order valence-corrected chi connectivity index (χ0v) is 24.6. The number of fused-ring (bicyclic) bond motifs is 1. The van der Waals surface area contributed by atoms with E-state index in [1.54, 1.807) is 18.1 Å². The molecule has 0 aromatic heterocycles. The Kier molecular flexibility index (Phi) is 7.80. The van der Waals surface area contributed by atoms with Gasteiger partial charge in [-0.2, -0.15) is 0 Å². The molecule has 2 aliphatic rings. The monoisotopic (exact) mass is 553 g/mol. The summed E-state index contributed by atoms with van der Waals surface area (Å²) in [5, 5.41) is 15.0. The minimum absolute atomic E-state index is 0.0297. The number of phenols is 1. The summed E-state index contributed by atoms with van der Waals surface area (Å²) in [6, 6.07) is 20.7. The van der Waals surface area contributed by atoms with Crippen LogP contribution in [0.3, 0.4) is 0 Å². The van der Waals surface area contributed by atoms with Gasteiger partial charge in [-0.3, -0.25) is 14.5 Å². The number of rotatable bonds is 6. The lowest BCUT2D eigenvalue weighted by Gasteiger charge is -2.36.